The summed E-state index contributed by atoms with van der Waals surface area (Å²) in [4.78, 5) is 38.8. The monoisotopic (exact) mass is 443 g/mol. The molecule has 1 heterocycles. The average Bonchev–Trinajstić information content (AvgIpc) is 2.85. The SMILES string of the molecule is CCOC(=O)c1ccccc1NC(=O)c1nn(-c2ccccc2OC)c(=O)c2ccccc12. The number of benzene rings is 3. The van der Waals surface area contributed by atoms with E-state index in [1.165, 1.54) is 7.11 Å². The Balaban J connectivity index is 1.85. The number of carbonyl (C=O) groups is 2. The van der Waals surface area contributed by atoms with Crippen molar-refractivity contribution in [2.24, 2.45) is 0 Å². The van der Waals surface area contributed by atoms with Gasteiger partial charge in [-0.05, 0) is 37.3 Å². The molecule has 33 heavy (non-hydrogen) atoms. The van der Waals surface area contributed by atoms with Crippen LogP contribution < -0.4 is 15.6 Å². The number of hydrogen-bond donors (Lipinski definition) is 1. The van der Waals surface area contributed by atoms with Gasteiger partial charge >= 0.3 is 5.97 Å². The van der Waals surface area contributed by atoms with Crippen molar-refractivity contribution in [2.75, 3.05) is 19.0 Å². The van der Waals surface area contributed by atoms with E-state index in [1.54, 1.807) is 79.7 Å². The number of anilines is 1. The van der Waals surface area contributed by atoms with Crippen molar-refractivity contribution in [2.45, 2.75) is 6.92 Å². The summed E-state index contributed by atoms with van der Waals surface area (Å²) in [5, 5.41) is 7.83. The molecule has 0 spiro atoms. The summed E-state index contributed by atoms with van der Waals surface area (Å²) in [6.07, 6.45) is 0. The second-order valence-corrected chi connectivity index (χ2v) is 7.00. The van der Waals surface area contributed by atoms with Gasteiger partial charge in [-0.3, -0.25) is 9.59 Å². The third-order valence-corrected chi connectivity index (χ3v) is 5.00. The molecule has 0 unspecified atom stereocenters. The van der Waals surface area contributed by atoms with Gasteiger partial charge in [-0.1, -0.05) is 42.5 Å². The topological polar surface area (TPSA) is 99.5 Å². The van der Waals surface area contributed by atoms with Gasteiger partial charge in [-0.15, -0.1) is 0 Å². The second kappa shape index (κ2) is 9.35. The first-order valence-corrected chi connectivity index (χ1v) is 10.3. The van der Waals surface area contributed by atoms with Gasteiger partial charge in [0, 0.05) is 5.39 Å². The summed E-state index contributed by atoms with van der Waals surface area (Å²) in [6.45, 7) is 1.91. The molecular formula is C25H21N3O5. The molecule has 0 saturated carbocycles. The van der Waals surface area contributed by atoms with Crippen LogP contribution in [0.2, 0.25) is 0 Å². The summed E-state index contributed by atoms with van der Waals surface area (Å²) in [5.41, 5.74) is 0.530. The van der Waals surface area contributed by atoms with Crippen LogP contribution in [0.25, 0.3) is 16.5 Å². The molecule has 4 aromatic rings. The molecule has 0 radical (unpaired) electrons. The highest BCUT2D eigenvalue weighted by Crippen LogP contribution is 2.23. The quantitative estimate of drug-likeness (QED) is 0.455. The second-order valence-electron chi connectivity index (χ2n) is 7.00. The van der Waals surface area contributed by atoms with E-state index in [9.17, 15) is 14.4 Å². The summed E-state index contributed by atoms with van der Waals surface area (Å²) in [7, 11) is 1.49. The van der Waals surface area contributed by atoms with Crippen LogP contribution in [0, 0.1) is 0 Å². The highest BCUT2D eigenvalue weighted by Gasteiger charge is 2.21. The van der Waals surface area contributed by atoms with Gasteiger partial charge in [-0.2, -0.15) is 9.78 Å². The van der Waals surface area contributed by atoms with E-state index < -0.39 is 17.4 Å². The van der Waals surface area contributed by atoms with Gasteiger partial charge in [-0.25, -0.2) is 4.79 Å². The number of methoxy groups -OCH3 is 1. The minimum atomic E-state index is -0.577. The van der Waals surface area contributed by atoms with E-state index in [0.29, 0.717) is 22.2 Å². The number of fused-ring (bicyclic) bond motifs is 1. The average molecular weight is 443 g/mol. The first-order chi connectivity index (χ1) is 16.0. The zero-order valence-corrected chi connectivity index (χ0v) is 18.1. The number of nitrogens with zero attached hydrogens (tertiary/aromatic N) is 2. The zero-order chi connectivity index (χ0) is 23.4. The van der Waals surface area contributed by atoms with Crippen molar-refractivity contribution < 1.29 is 19.1 Å². The van der Waals surface area contributed by atoms with Crippen LogP contribution in [0.1, 0.15) is 27.8 Å². The Kier molecular flexibility index (Phi) is 6.17. The lowest BCUT2D eigenvalue weighted by Crippen LogP contribution is -2.27. The van der Waals surface area contributed by atoms with E-state index in [0.717, 1.165) is 4.68 Å². The molecule has 1 aromatic heterocycles. The van der Waals surface area contributed by atoms with Crippen LogP contribution in [0.3, 0.4) is 0 Å². The molecule has 0 aliphatic carbocycles. The molecule has 0 fully saturated rings. The number of para-hydroxylation sites is 3. The highest BCUT2D eigenvalue weighted by molar-refractivity contribution is 6.13. The van der Waals surface area contributed by atoms with Crippen molar-refractivity contribution in [1.82, 2.24) is 9.78 Å². The Morgan fingerprint density at radius 1 is 0.939 bits per heavy atom. The Bertz CT molecular complexity index is 1410. The molecule has 0 aliphatic heterocycles. The summed E-state index contributed by atoms with van der Waals surface area (Å²) < 4.78 is 11.6. The van der Waals surface area contributed by atoms with Crippen LogP contribution in [0.15, 0.2) is 77.6 Å². The van der Waals surface area contributed by atoms with Crippen LogP contribution in [-0.2, 0) is 4.74 Å². The van der Waals surface area contributed by atoms with Gasteiger partial charge in [0.05, 0.1) is 30.4 Å². The summed E-state index contributed by atoms with van der Waals surface area (Å²) >= 11 is 0. The molecule has 0 bridgehead atoms. The highest BCUT2D eigenvalue weighted by atomic mass is 16.5. The van der Waals surface area contributed by atoms with E-state index in [-0.39, 0.29) is 23.6 Å². The number of esters is 1. The van der Waals surface area contributed by atoms with E-state index in [4.69, 9.17) is 9.47 Å². The molecule has 4 rings (SSSR count). The van der Waals surface area contributed by atoms with Crippen molar-refractivity contribution in [3.63, 3.8) is 0 Å². The van der Waals surface area contributed by atoms with Crippen LogP contribution in [0.4, 0.5) is 5.69 Å². The fraction of sp³-hybridized carbons (Fsp3) is 0.120. The van der Waals surface area contributed by atoms with Crippen LogP contribution >= 0.6 is 0 Å². The van der Waals surface area contributed by atoms with Crippen LogP contribution in [0.5, 0.6) is 5.75 Å². The van der Waals surface area contributed by atoms with Crippen LogP contribution in [-0.4, -0.2) is 35.4 Å². The standard InChI is InChI=1S/C25H21N3O5/c1-3-33-25(31)18-12-6-7-13-19(18)26-23(29)22-16-10-4-5-11-17(16)24(30)28(27-22)20-14-8-9-15-21(20)32-2/h4-15H,3H2,1-2H3,(H,26,29). The minimum absolute atomic E-state index is 0.0229. The van der Waals surface area contributed by atoms with Crippen molar-refractivity contribution in [3.8, 4) is 11.4 Å². The van der Waals surface area contributed by atoms with E-state index >= 15 is 0 Å². The number of amides is 1. The molecule has 0 aliphatic rings. The molecular weight excluding hydrogens is 422 g/mol. The maximum atomic E-state index is 13.3. The molecule has 166 valence electrons. The number of rotatable bonds is 6. The largest absolute Gasteiger partial charge is 0.494 e. The van der Waals surface area contributed by atoms with Crippen molar-refractivity contribution >= 4 is 28.3 Å². The number of nitrogens with one attached hydrogen (secondary N) is 1. The van der Waals surface area contributed by atoms with Crippen molar-refractivity contribution in [1.29, 1.82) is 0 Å². The van der Waals surface area contributed by atoms with E-state index in [1.807, 2.05) is 0 Å². The van der Waals surface area contributed by atoms with Gasteiger partial charge in [0.15, 0.2) is 5.69 Å². The molecule has 0 saturated heterocycles. The zero-order valence-electron chi connectivity index (χ0n) is 18.1. The maximum absolute atomic E-state index is 13.3. The molecule has 8 nitrogen and oxygen atoms in total. The Hall–Kier alpha value is -4.46. The first kappa shape index (κ1) is 21.8. The molecule has 1 N–H and O–H groups in total. The van der Waals surface area contributed by atoms with E-state index in [2.05, 4.69) is 10.4 Å². The van der Waals surface area contributed by atoms with Crippen molar-refractivity contribution in [3.05, 3.63) is 94.4 Å². The Morgan fingerprint density at radius 3 is 2.36 bits per heavy atom. The molecule has 0 atom stereocenters. The lowest BCUT2D eigenvalue weighted by atomic mass is 10.1. The number of aromatic nitrogens is 2. The maximum Gasteiger partial charge on any atom is 0.340 e. The van der Waals surface area contributed by atoms with Gasteiger partial charge < -0.3 is 14.8 Å². The normalized spacial score (nSPS) is 10.6. The lowest BCUT2D eigenvalue weighted by molar-refractivity contribution is 0.0527. The molecule has 8 heteroatoms. The predicted octanol–water partition coefficient (Wildman–Crippen LogP) is 3.82. The predicted molar refractivity (Wildman–Crippen MR) is 124 cm³/mol. The third kappa shape index (κ3) is 4.18. The summed E-state index contributed by atoms with van der Waals surface area (Å²) in [5.74, 6) is -0.696. The van der Waals surface area contributed by atoms with Gasteiger partial charge in [0.1, 0.15) is 11.4 Å². The lowest BCUT2D eigenvalue weighted by Gasteiger charge is -2.14. The minimum Gasteiger partial charge on any atom is -0.494 e. The first-order valence-electron chi connectivity index (χ1n) is 10.3. The fourth-order valence-corrected chi connectivity index (χ4v) is 3.49. The number of carbonyl (C=O) groups excluding carboxylic acids is 2. The van der Waals surface area contributed by atoms with Gasteiger partial charge in [0.2, 0.25) is 0 Å². The Labute approximate surface area is 189 Å². The molecule has 1 amide bonds. The summed E-state index contributed by atoms with van der Waals surface area (Å²) in [6, 6.07) is 20.2. The number of hydrogen-bond acceptors (Lipinski definition) is 6. The molecule has 3 aromatic carbocycles. The van der Waals surface area contributed by atoms with Gasteiger partial charge in [0.25, 0.3) is 11.5 Å². The number of ether oxygens (including phenoxy) is 2. The Morgan fingerprint density at radius 2 is 1.61 bits per heavy atom. The fourth-order valence-electron chi connectivity index (χ4n) is 3.49. The third-order valence-electron chi connectivity index (χ3n) is 5.00. The smallest absolute Gasteiger partial charge is 0.340 e.